The quantitative estimate of drug-likeness (QED) is 0.766. The van der Waals surface area contributed by atoms with Gasteiger partial charge in [-0.1, -0.05) is 6.92 Å². The number of hydrogen-bond acceptors (Lipinski definition) is 2. The molecule has 3 nitrogen and oxygen atoms in total. The first kappa shape index (κ1) is 11.4. The average molecular weight is 216 g/mol. The second kappa shape index (κ2) is 4.69. The van der Waals surface area contributed by atoms with Crippen molar-refractivity contribution in [1.29, 1.82) is 0 Å². The van der Waals surface area contributed by atoms with Gasteiger partial charge in [-0.25, -0.2) is 4.98 Å². The minimum Gasteiger partial charge on any atom is -0.350 e. The molecule has 0 aliphatic heterocycles. The summed E-state index contributed by atoms with van der Waals surface area (Å²) in [7, 11) is 1.98. The van der Waals surface area contributed by atoms with Gasteiger partial charge >= 0.3 is 0 Å². The first-order valence-electron chi connectivity index (χ1n) is 4.93. The summed E-state index contributed by atoms with van der Waals surface area (Å²) < 4.78 is 1.97. The topological polar surface area (TPSA) is 29.9 Å². The fraction of sp³-hybridized carbons (Fsp3) is 0.700. The molecule has 0 bridgehead atoms. The Labute approximate surface area is 90.5 Å². The summed E-state index contributed by atoms with van der Waals surface area (Å²) in [4.78, 5) is 4.24. The monoisotopic (exact) mass is 215 g/mol. The van der Waals surface area contributed by atoms with E-state index in [0.29, 0.717) is 5.88 Å². The third-order valence-corrected chi connectivity index (χ3v) is 2.85. The normalized spacial score (nSPS) is 15.1. The van der Waals surface area contributed by atoms with E-state index < -0.39 is 0 Å². The molecule has 1 unspecified atom stereocenters. The van der Waals surface area contributed by atoms with Gasteiger partial charge < -0.3 is 9.88 Å². The number of anilines is 1. The molecule has 0 saturated heterocycles. The molecule has 1 atom stereocenters. The Bertz CT molecular complexity index is 285. The highest BCUT2D eigenvalue weighted by Crippen LogP contribution is 2.20. The molecular formula is C10H18ClN3. The molecule has 1 N–H and O–H groups in total. The van der Waals surface area contributed by atoms with Crippen LogP contribution in [0.3, 0.4) is 0 Å². The smallest absolute Gasteiger partial charge is 0.202 e. The van der Waals surface area contributed by atoms with Crippen LogP contribution in [-0.2, 0) is 7.05 Å². The zero-order valence-corrected chi connectivity index (χ0v) is 9.80. The minimum absolute atomic E-state index is 0.0425. The Kier molecular flexibility index (Phi) is 3.81. The van der Waals surface area contributed by atoms with Crippen LogP contribution in [0.5, 0.6) is 0 Å². The van der Waals surface area contributed by atoms with Gasteiger partial charge in [0.15, 0.2) is 0 Å². The predicted molar refractivity (Wildman–Crippen MR) is 60.9 cm³/mol. The lowest BCUT2D eigenvalue weighted by Gasteiger charge is -2.29. The van der Waals surface area contributed by atoms with Crippen molar-refractivity contribution >= 4 is 17.5 Å². The van der Waals surface area contributed by atoms with Gasteiger partial charge in [-0.05, 0) is 19.8 Å². The second-order valence-electron chi connectivity index (χ2n) is 3.84. The van der Waals surface area contributed by atoms with Gasteiger partial charge in [-0.15, -0.1) is 11.6 Å². The zero-order valence-electron chi connectivity index (χ0n) is 9.05. The van der Waals surface area contributed by atoms with E-state index >= 15 is 0 Å². The fourth-order valence-corrected chi connectivity index (χ4v) is 1.71. The van der Waals surface area contributed by atoms with Crippen molar-refractivity contribution in [2.24, 2.45) is 7.05 Å². The molecule has 1 aromatic rings. The van der Waals surface area contributed by atoms with Crippen LogP contribution in [0.25, 0.3) is 0 Å². The van der Waals surface area contributed by atoms with Crippen LogP contribution < -0.4 is 5.32 Å². The minimum atomic E-state index is 0.0425. The van der Waals surface area contributed by atoms with Crippen LogP contribution >= 0.6 is 11.6 Å². The Morgan fingerprint density at radius 1 is 1.64 bits per heavy atom. The summed E-state index contributed by atoms with van der Waals surface area (Å²) in [6.45, 7) is 4.33. The van der Waals surface area contributed by atoms with Gasteiger partial charge in [-0.2, -0.15) is 0 Å². The number of nitrogens with zero attached hydrogens (tertiary/aromatic N) is 2. The maximum atomic E-state index is 5.78. The standard InChI is InChI=1S/C10H18ClN3/c1-4-10(2,5-6-11)13-9-12-7-8-14(9)3/h7-8H,4-6H2,1-3H3,(H,12,13). The molecule has 0 amide bonds. The van der Waals surface area contributed by atoms with Crippen molar-refractivity contribution in [3.8, 4) is 0 Å². The highest BCUT2D eigenvalue weighted by Gasteiger charge is 2.22. The molecule has 0 fully saturated rings. The summed E-state index contributed by atoms with van der Waals surface area (Å²) in [5, 5.41) is 3.42. The molecule has 0 radical (unpaired) electrons. The maximum absolute atomic E-state index is 5.78. The van der Waals surface area contributed by atoms with Crippen molar-refractivity contribution < 1.29 is 0 Å². The third kappa shape index (κ3) is 2.64. The highest BCUT2D eigenvalue weighted by molar-refractivity contribution is 6.17. The number of nitrogens with one attached hydrogen (secondary N) is 1. The molecule has 0 saturated carbocycles. The van der Waals surface area contributed by atoms with E-state index in [-0.39, 0.29) is 5.54 Å². The SMILES string of the molecule is CCC(C)(CCCl)Nc1nccn1C. The number of aryl methyl sites for hydroxylation is 1. The predicted octanol–water partition coefficient (Wildman–Crippen LogP) is 2.63. The lowest BCUT2D eigenvalue weighted by molar-refractivity contribution is 0.475. The van der Waals surface area contributed by atoms with Gasteiger partial charge in [0.25, 0.3) is 0 Å². The third-order valence-electron chi connectivity index (χ3n) is 2.66. The Morgan fingerprint density at radius 2 is 2.36 bits per heavy atom. The molecule has 1 rings (SSSR count). The number of imidazole rings is 1. The average Bonchev–Trinajstić information content (AvgIpc) is 2.52. The molecule has 0 spiro atoms. The second-order valence-corrected chi connectivity index (χ2v) is 4.22. The number of halogens is 1. The molecule has 14 heavy (non-hydrogen) atoms. The van der Waals surface area contributed by atoms with E-state index in [0.717, 1.165) is 18.8 Å². The first-order valence-corrected chi connectivity index (χ1v) is 5.46. The zero-order chi connectivity index (χ0) is 10.6. The van der Waals surface area contributed by atoms with Crippen LogP contribution in [0.2, 0.25) is 0 Å². The van der Waals surface area contributed by atoms with Gasteiger partial charge in [0.05, 0.1) is 0 Å². The van der Waals surface area contributed by atoms with E-state index in [1.807, 2.05) is 17.8 Å². The van der Waals surface area contributed by atoms with E-state index in [4.69, 9.17) is 11.6 Å². The number of aromatic nitrogens is 2. The first-order chi connectivity index (χ1) is 6.61. The molecule has 0 aliphatic rings. The van der Waals surface area contributed by atoms with Gasteiger partial charge in [0.2, 0.25) is 5.95 Å². The molecule has 1 aromatic heterocycles. The van der Waals surface area contributed by atoms with Crippen LogP contribution in [0.15, 0.2) is 12.4 Å². The molecule has 4 heteroatoms. The van der Waals surface area contributed by atoms with Crippen molar-refractivity contribution in [2.45, 2.75) is 32.2 Å². The van der Waals surface area contributed by atoms with Gasteiger partial charge in [0, 0.05) is 30.9 Å². The largest absolute Gasteiger partial charge is 0.350 e. The van der Waals surface area contributed by atoms with Crippen LogP contribution in [0.4, 0.5) is 5.95 Å². The summed E-state index contributed by atoms with van der Waals surface area (Å²) in [5.74, 6) is 1.57. The highest BCUT2D eigenvalue weighted by atomic mass is 35.5. The number of rotatable bonds is 5. The van der Waals surface area contributed by atoms with Crippen LogP contribution in [-0.4, -0.2) is 21.0 Å². The van der Waals surface area contributed by atoms with E-state index in [1.54, 1.807) is 6.20 Å². The molecule has 0 aromatic carbocycles. The Hall–Kier alpha value is -0.700. The molecule has 0 aliphatic carbocycles. The van der Waals surface area contributed by atoms with Crippen LogP contribution in [0.1, 0.15) is 26.7 Å². The Morgan fingerprint density at radius 3 is 2.79 bits per heavy atom. The number of hydrogen-bond donors (Lipinski definition) is 1. The lowest BCUT2D eigenvalue weighted by Crippen LogP contribution is -2.35. The summed E-state index contributed by atoms with van der Waals surface area (Å²) in [5.41, 5.74) is 0.0425. The molecular weight excluding hydrogens is 198 g/mol. The summed E-state index contributed by atoms with van der Waals surface area (Å²) in [6, 6.07) is 0. The van der Waals surface area contributed by atoms with E-state index in [1.165, 1.54) is 0 Å². The van der Waals surface area contributed by atoms with Crippen molar-refractivity contribution in [3.05, 3.63) is 12.4 Å². The maximum Gasteiger partial charge on any atom is 0.202 e. The van der Waals surface area contributed by atoms with Crippen molar-refractivity contribution in [2.75, 3.05) is 11.2 Å². The van der Waals surface area contributed by atoms with E-state index in [9.17, 15) is 0 Å². The van der Waals surface area contributed by atoms with Gasteiger partial charge in [0.1, 0.15) is 0 Å². The van der Waals surface area contributed by atoms with Crippen molar-refractivity contribution in [1.82, 2.24) is 9.55 Å². The fourth-order valence-electron chi connectivity index (χ4n) is 1.29. The molecule has 80 valence electrons. The Balaban J connectivity index is 2.69. The number of alkyl halides is 1. The summed E-state index contributed by atoms with van der Waals surface area (Å²) in [6.07, 6.45) is 5.70. The van der Waals surface area contributed by atoms with Crippen molar-refractivity contribution in [3.63, 3.8) is 0 Å². The molecule has 1 heterocycles. The van der Waals surface area contributed by atoms with E-state index in [2.05, 4.69) is 24.1 Å². The van der Waals surface area contributed by atoms with Crippen LogP contribution in [0, 0.1) is 0 Å². The van der Waals surface area contributed by atoms with Gasteiger partial charge in [-0.3, -0.25) is 0 Å². The lowest BCUT2D eigenvalue weighted by atomic mass is 9.96. The summed E-state index contributed by atoms with van der Waals surface area (Å²) >= 11 is 5.78.